The van der Waals surface area contributed by atoms with Gasteiger partial charge < -0.3 is 0 Å². The van der Waals surface area contributed by atoms with Crippen LogP contribution in [0.5, 0.6) is 0 Å². The second kappa shape index (κ2) is 5.63. The Bertz CT molecular complexity index is 736. The first-order valence-electron chi connectivity index (χ1n) is 6.26. The summed E-state index contributed by atoms with van der Waals surface area (Å²) in [6, 6.07) is 6.40. The lowest BCUT2D eigenvalue weighted by Gasteiger charge is -2.32. The molecule has 1 saturated heterocycles. The second-order valence-electron chi connectivity index (χ2n) is 4.53. The van der Waals surface area contributed by atoms with Crippen molar-refractivity contribution in [1.29, 1.82) is 5.26 Å². The molecule has 110 valence electrons. The molecule has 0 spiro atoms. The maximum absolute atomic E-state index is 12.6. The van der Waals surface area contributed by atoms with Gasteiger partial charge in [0.25, 0.3) is 0 Å². The highest BCUT2D eigenvalue weighted by Gasteiger charge is 2.40. The van der Waals surface area contributed by atoms with E-state index in [0.717, 1.165) is 4.31 Å². The van der Waals surface area contributed by atoms with Gasteiger partial charge in [-0.3, -0.25) is 14.9 Å². The zero-order chi connectivity index (χ0) is 15.6. The number of piperazine rings is 1. The molecule has 1 N–H and O–H groups in total. The van der Waals surface area contributed by atoms with Gasteiger partial charge in [-0.1, -0.05) is 13.0 Å². The third-order valence-electron chi connectivity index (χ3n) is 3.17. The van der Waals surface area contributed by atoms with Crippen molar-refractivity contribution in [2.24, 2.45) is 0 Å². The lowest BCUT2D eigenvalue weighted by atomic mass is 10.2. The SMILES string of the molecule is CCC1C(=O)NC(=O)CN1S(=O)(=O)c1cccc(C#N)c1. The Kier molecular flexibility index (Phi) is 4.06. The van der Waals surface area contributed by atoms with Gasteiger partial charge in [-0.05, 0) is 24.6 Å². The monoisotopic (exact) mass is 307 g/mol. The van der Waals surface area contributed by atoms with Gasteiger partial charge in [0, 0.05) is 0 Å². The molecule has 7 nitrogen and oxygen atoms in total. The number of hydrogen-bond donors (Lipinski definition) is 1. The molecule has 1 heterocycles. The van der Waals surface area contributed by atoms with Crippen LogP contribution in [0.25, 0.3) is 0 Å². The van der Waals surface area contributed by atoms with Crippen LogP contribution in [0, 0.1) is 11.3 Å². The van der Waals surface area contributed by atoms with Crippen LogP contribution in [0.2, 0.25) is 0 Å². The molecular weight excluding hydrogens is 294 g/mol. The van der Waals surface area contributed by atoms with E-state index in [0.29, 0.717) is 0 Å². The standard InChI is InChI=1S/C13H13N3O4S/c1-2-11-13(18)15-12(17)8-16(11)21(19,20)10-5-3-4-9(6-10)7-14/h3-6,11H,2,8H2,1H3,(H,15,17,18). The maximum atomic E-state index is 12.6. The van der Waals surface area contributed by atoms with E-state index >= 15 is 0 Å². The van der Waals surface area contributed by atoms with Crippen LogP contribution in [0.4, 0.5) is 0 Å². The summed E-state index contributed by atoms with van der Waals surface area (Å²) in [5.41, 5.74) is 0.192. The van der Waals surface area contributed by atoms with Crippen molar-refractivity contribution in [2.45, 2.75) is 24.3 Å². The molecule has 2 rings (SSSR count). The van der Waals surface area contributed by atoms with Crippen molar-refractivity contribution >= 4 is 21.8 Å². The van der Waals surface area contributed by atoms with E-state index in [1.165, 1.54) is 24.3 Å². The van der Waals surface area contributed by atoms with Crippen molar-refractivity contribution in [3.05, 3.63) is 29.8 Å². The molecular formula is C13H13N3O4S. The molecule has 1 unspecified atom stereocenters. The highest BCUT2D eigenvalue weighted by molar-refractivity contribution is 7.89. The van der Waals surface area contributed by atoms with E-state index in [4.69, 9.17) is 5.26 Å². The van der Waals surface area contributed by atoms with E-state index in [2.05, 4.69) is 5.32 Å². The van der Waals surface area contributed by atoms with Crippen LogP contribution in [0.1, 0.15) is 18.9 Å². The smallest absolute Gasteiger partial charge is 0.245 e. The average Bonchev–Trinajstić information content (AvgIpc) is 2.46. The van der Waals surface area contributed by atoms with Gasteiger partial charge in [0.1, 0.15) is 6.04 Å². The Morgan fingerprint density at radius 1 is 1.43 bits per heavy atom. The molecule has 0 radical (unpaired) electrons. The number of rotatable bonds is 3. The van der Waals surface area contributed by atoms with Gasteiger partial charge in [0.05, 0.1) is 23.1 Å². The number of hydrogen-bond acceptors (Lipinski definition) is 5. The second-order valence-corrected chi connectivity index (χ2v) is 6.42. The molecule has 8 heteroatoms. The van der Waals surface area contributed by atoms with Gasteiger partial charge in [-0.2, -0.15) is 9.57 Å². The molecule has 0 aromatic heterocycles. The van der Waals surface area contributed by atoms with Gasteiger partial charge >= 0.3 is 0 Å². The van der Waals surface area contributed by atoms with Gasteiger partial charge in [0.2, 0.25) is 21.8 Å². The average molecular weight is 307 g/mol. The number of carbonyl (C=O) groups excluding carboxylic acids is 2. The van der Waals surface area contributed by atoms with Gasteiger partial charge in [-0.25, -0.2) is 8.42 Å². The Morgan fingerprint density at radius 2 is 2.14 bits per heavy atom. The van der Waals surface area contributed by atoms with Crippen LogP contribution >= 0.6 is 0 Å². The summed E-state index contributed by atoms with van der Waals surface area (Å²) in [5, 5.41) is 11.0. The molecule has 0 aliphatic carbocycles. The number of nitriles is 1. The largest absolute Gasteiger partial charge is 0.294 e. The molecule has 0 saturated carbocycles. The predicted octanol–water partition coefficient (Wildman–Crippen LogP) is -0.0160. The highest BCUT2D eigenvalue weighted by atomic mass is 32.2. The lowest BCUT2D eigenvalue weighted by molar-refractivity contribution is -0.137. The number of benzene rings is 1. The molecule has 0 bridgehead atoms. The minimum atomic E-state index is -4.02. The summed E-state index contributed by atoms with van der Waals surface area (Å²) in [5.74, 6) is -1.29. The third kappa shape index (κ3) is 2.79. The Morgan fingerprint density at radius 3 is 2.76 bits per heavy atom. The first kappa shape index (κ1) is 15.2. The molecule has 1 atom stereocenters. The number of nitrogens with one attached hydrogen (secondary N) is 1. The molecule has 1 aromatic carbocycles. The van der Waals surface area contributed by atoms with Crippen molar-refractivity contribution in [3.8, 4) is 6.07 Å². The first-order chi connectivity index (χ1) is 9.90. The zero-order valence-corrected chi connectivity index (χ0v) is 12.1. The zero-order valence-electron chi connectivity index (χ0n) is 11.2. The number of nitrogens with zero attached hydrogens (tertiary/aromatic N) is 2. The van der Waals surface area contributed by atoms with Crippen LogP contribution in [-0.2, 0) is 19.6 Å². The third-order valence-corrected chi connectivity index (χ3v) is 5.02. The van der Waals surface area contributed by atoms with Crippen LogP contribution < -0.4 is 5.32 Å². The van der Waals surface area contributed by atoms with E-state index < -0.39 is 34.4 Å². The minimum Gasteiger partial charge on any atom is -0.294 e. The van der Waals surface area contributed by atoms with Crippen LogP contribution in [0.15, 0.2) is 29.2 Å². The van der Waals surface area contributed by atoms with Gasteiger partial charge in [-0.15, -0.1) is 0 Å². The Balaban J connectivity index is 2.48. The molecule has 1 aromatic rings. The van der Waals surface area contributed by atoms with Crippen LogP contribution in [-0.4, -0.2) is 37.1 Å². The molecule has 21 heavy (non-hydrogen) atoms. The first-order valence-corrected chi connectivity index (χ1v) is 7.70. The van der Waals surface area contributed by atoms with Crippen molar-refractivity contribution in [3.63, 3.8) is 0 Å². The summed E-state index contributed by atoms with van der Waals surface area (Å²) >= 11 is 0. The quantitative estimate of drug-likeness (QED) is 0.790. The number of sulfonamides is 1. The maximum Gasteiger partial charge on any atom is 0.245 e. The topological polar surface area (TPSA) is 107 Å². The summed E-state index contributed by atoms with van der Waals surface area (Å²) in [6.07, 6.45) is 0.246. The van der Waals surface area contributed by atoms with Crippen molar-refractivity contribution in [1.82, 2.24) is 9.62 Å². The summed E-state index contributed by atoms with van der Waals surface area (Å²) in [7, 11) is -4.02. The number of amides is 2. The fourth-order valence-corrected chi connectivity index (χ4v) is 3.81. The van der Waals surface area contributed by atoms with E-state index in [1.54, 1.807) is 6.92 Å². The highest BCUT2D eigenvalue weighted by Crippen LogP contribution is 2.22. The van der Waals surface area contributed by atoms with E-state index in [-0.39, 0.29) is 16.9 Å². The summed E-state index contributed by atoms with van der Waals surface area (Å²) in [4.78, 5) is 23.1. The number of carbonyl (C=O) groups is 2. The van der Waals surface area contributed by atoms with E-state index in [9.17, 15) is 18.0 Å². The van der Waals surface area contributed by atoms with Crippen molar-refractivity contribution < 1.29 is 18.0 Å². The normalized spacial score (nSPS) is 19.9. The minimum absolute atomic E-state index is 0.109. The summed E-state index contributed by atoms with van der Waals surface area (Å²) in [6.45, 7) is 1.25. The molecule has 1 aliphatic heterocycles. The fourth-order valence-electron chi connectivity index (χ4n) is 2.15. The lowest BCUT2D eigenvalue weighted by Crippen LogP contribution is -2.59. The van der Waals surface area contributed by atoms with E-state index in [1.807, 2.05) is 6.07 Å². The molecule has 1 aliphatic rings. The molecule has 2 amide bonds. The Labute approximate surface area is 122 Å². The number of imide groups is 1. The van der Waals surface area contributed by atoms with Crippen molar-refractivity contribution in [2.75, 3.05) is 6.54 Å². The van der Waals surface area contributed by atoms with Crippen LogP contribution in [0.3, 0.4) is 0 Å². The summed E-state index contributed by atoms with van der Waals surface area (Å²) < 4.78 is 26.1. The fraction of sp³-hybridized carbons (Fsp3) is 0.308. The van der Waals surface area contributed by atoms with Gasteiger partial charge in [0.15, 0.2) is 0 Å². The molecule has 1 fully saturated rings. The Hall–Kier alpha value is -2.24. The predicted molar refractivity (Wildman–Crippen MR) is 72.3 cm³/mol.